The number of ether oxygens (including phenoxy) is 2. The lowest BCUT2D eigenvalue weighted by Gasteiger charge is -2.29. The maximum Gasteiger partial charge on any atom is 0.338 e. The SMILES string of the molecule is CC=C(C(=O)OC)c1ccccc1COc1ccc(N2CCCCC2)c(F)c1. The largest absolute Gasteiger partial charge is 0.489 e. The molecule has 1 saturated heterocycles. The number of allylic oxidation sites excluding steroid dienone is 1. The molecule has 1 aliphatic rings. The van der Waals surface area contributed by atoms with Crippen molar-refractivity contribution < 1.29 is 18.7 Å². The van der Waals surface area contributed by atoms with E-state index < -0.39 is 5.97 Å². The van der Waals surface area contributed by atoms with Gasteiger partial charge in [-0.25, -0.2) is 9.18 Å². The Labute approximate surface area is 165 Å². The van der Waals surface area contributed by atoms with Crippen molar-refractivity contribution in [3.63, 3.8) is 0 Å². The molecule has 5 heteroatoms. The number of nitrogens with zero attached hydrogens (tertiary/aromatic N) is 1. The van der Waals surface area contributed by atoms with Gasteiger partial charge in [0.2, 0.25) is 0 Å². The summed E-state index contributed by atoms with van der Waals surface area (Å²) in [5.74, 6) is -0.198. The van der Waals surface area contributed by atoms with Crippen molar-refractivity contribution in [1.29, 1.82) is 0 Å². The molecule has 3 rings (SSSR count). The number of halogens is 1. The third-order valence-corrected chi connectivity index (χ3v) is 5.01. The predicted molar refractivity (Wildman–Crippen MR) is 109 cm³/mol. The number of piperidine rings is 1. The summed E-state index contributed by atoms with van der Waals surface area (Å²) in [6.07, 6.45) is 5.13. The topological polar surface area (TPSA) is 38.8 Å². The molecule has 2 aromatic carbocycles. The summed E-state index contributed by atoms with van der Waals surface area (Å²) in [5, 5.41) is 0. The van der Waals surface area contributed by atoms with Gasteiger partial charge >= 0.3 is 5.97 Å². The molecule has 1 fully saturated rings. The van der Waals surface area contributed by atoms with Gasteiger partial charge in [-0.1, -0.05) is 30.3 Å². The third-order valence-electron chi connectivity index (χ3n) is 5.01. The summed E-state index contributed by atoms with van der Waals surface area (Å²) < 4.78 is 25.3. The zero-order chi connectivity index (χ0) is 19.9. The fourth-order valence-corrected chi connectivity index (χ4v) is 3.53. The Morgan fingerprint density at radius 1 is 1.14 bits per heavy atom. The molecule has 0 atom stereocenters. The summed E-state index contributed by atoms with van der Waals surface area (Å²) >= 11 is 0. The number of hydrogen-bond acceptors (Lipinski definition) is 4. The zero-order valence-corrected chi connectivity index (χ0v) is 16.4. The average molecular weight is 383 g/mol. The molecular formula is C23H26FNO3. The molecule has 0 amide bonds. The van der Waals surface area contributed by atoms with E-state index in [1.165, 1.54) is 19.6 Å². The molecule has 0 aromatic heterocycles. The average Bonchev–Trinajstić information content (AvgIpc) is 2.74. The van der Waals surface area contributed by atoms with Crippen molar-refractivity contribution in [2.24, 2.45) is 0 Å². The highest BCUT2D eigenvalue weighted by atomic mass is 19.1. The Morgan fingerprint density at radius 2 is 1.89 bits per heavy atom. The first-order valence-corrected chi connectivity index (χ1v) is 9.64. The second kappa shape index (κ2) is 9.40. The number of hydrogen-bond donors (Lipinski definition) is 0. The lowest BCUT2D eigenvalue weighted by molar-refractivity contribution is -0.133. The highest BCUT2D eigenvalue weighted by Gasteiger charge is 2.17. The Bertz CT molecular complexity index is 857. The van der Waals surface area contributed by atoms with Gasteiger partial charge in [0.25, 0.3) is 0 Å². The number of benzene rings is 2. The van der Waals surface area contributed by atoms with Gasteiger partial charge in [0.15, 0.2) is 0 Å². The van der Waals surface area contributed by atoms with Gasteiger partial charge in [-0.2, -0.15) is 0 Å². The van der Waals surface area contributed by atoms with Crippen molar-refractivity contribution in [2.45, 2.75) is 32.8 Å². The molecule has 148 valence electrons. The van der Waals surface area contributed by atoms with Crippen LogP contribution in [0.25, 0.3) is 5.57 Å². The summed E-state index contributed by atoms with van der Waals surface area (Å²) in [6.45, 7) is 3.81. The van der Waals surface area contributed by atoms with Crippen LogP contribution in [0.4, 0.5) is 10.1 Å². The zero-order valence-electron chi connectivity index (χ0n) is 16.4. The number of esters is 1. The number of anilines is 1. The van der Waals surface area contributed by atoms with E-state index in [1.807, 2.05) is 24.3 Å². The Balaban J connectivity index is 1.74. The number of carbonyl (C=O) groups excluding carboxylic acids is 1. The highest BCUT2D eigenvalue weighted by Crippen LogP contribution is 2.28. The van der Waals surface area contributed by atoms with E-state index in [0.29, 0.717) is 17.0 Å². The molecule has 0 N–H and O–H groups in total. The van der Waals surface area contributed by atoms with Crippen molar-refractivity contribution in [3.8, 4) is 5.75 Å². The first kappa shape index (κ1) is 19.9. The summed E-state index contributed by atoms with van der Waals surface area (Å²) in [6, 6.07) is 12.5. The lowest BCUT2D eigenvalue weighted by Crippen LogP contribution is -2.30. The minimum Gasteiger partial charge on any atom is -0.489 e. The second-order valence-electron chi connectivity index (χ2n) is 6.80. The molecule has 1 aliphatic heterocycles. The molecule has 0 saturated carbocycles. The Hall–Kier alpha value is -2.82. The van der Waals surface area contributed by atoms with Gasteiger partial charge in [0.05, 0.1) is 18.4 Å². The smallest absolute Gasteiger partial charge is 0.338 e. The molecular weight excluding hydrogens is 357 g/mol. The van der Waals surface area contributed by atoms with Crippen LogP contribution in [-0.2, 0) is 16.1 Å². The van der Waals surface area contributed by atoms with E-state index in [2.05, 4.69) is 4.90 Å². The molecule has 1 heterocycles. The van der Waals surface area contributed by atoms with Crippen LogP contribution in [-0.4, -0.2) is 26.2 Å². The Kier molecular flexibility index (Phi) is 6.69. The first-order chi connectivity index (χ1) is 13.6. The van der Waals surface area contributed by atoms with Crippen molar-refractivity contribution in [1.82, 2.24) is 0 Å². The predicted octanol–water partition coefficient (Wildman–Crippen LogP) is 4.97. The van der Waals surface area contributed by atoms with E-state index in [0.717, 1.165) is 37.1 Å². The summed E-state index contributed by atoms with van der Waals surface area (Å²) in [5.41, 5.74) is 2.70. The van der Waals surface area contributed by atoms with E-state index >= 15 is 0 Å². The lowest BCUT2D eigenvalue weighted by atomic mass is 10.00. The third kappa shape index (κ3) is 4.53. The van der Waals surface area contributed by atoms with Crippen LogP contribution in [0.3, 0.4) is 0 Å². The van der Waals surface area contributed by atoms with E-state index in [4.69, 9.17) is 9.47 Å². The van der Waals surface area contributed by atoms with Crippen LogP contribution >= 0.6 is 0 Å². The van der Waals surface area contributed by atoms with Gasteiger partial charge in [0, 0.05) is 19.2 Å². The minimum atomic E-state index is -0.396. The van der Waals surface area contributed by atoms with Gasteiger partial charge in [-0.15, -0.1) is 0 Å². The van der Waals surface area contributed by atoms with Gasteiger partial charge < -0.3 is 14.4 Å². The van der Waals surface area contributed by atoms with E-state index in [9.17, 15) is 9.18 Å². The molecule has 0 radical (unpaired) electrons. The molecule has 0 bridgehead atoms. The molecule has 28 heavy (non-hydrogen) atoms. The standard InChI is InChI=1S/C23H26FNO3/c1-3-19(23(26)27-2)20-10-6-5-9-17(20)16-28-18-11-12-22(21(24)15-18)25-13-7-4-8-14-25/h3,5-6,9-12,15H,4,7-8,13-14,16H2,1-2H3. The Morgan fingerprint density at radius 3 is 2.57 bits per heavy atom. The second-order valence-corrected chi connectivity index (χ2v) is 6.80. The first-order valence-electron chi connectivity index (χ1n) is 9.64. The molecule has 2 aromatic rings. The van der Waals surface area contributed by atoms with E-state index in [1.54, 1.807) is 25.1 Å². The molecule has 0 aliphatic carbocycles. The van der Waals surface area contributed by atoms with Crippen LogP contribution in [0.1, 0.15) is 37.3 Å². The van der Waals surface area contributed by atoms with Crippen molar-refractivity contribution in [2.75, 3.05) is 25.1 Å². The van der Waals surface area contributed by atoms with Crippen LogP contribution in [0, 0.1) is 5.82 Å². The molecule has 0 spiro atoms. The normalized spacial score (nSPS) is 14.7. The van der Waals surface area contributed by atoms with Crippen LogP contribution in [0.2, 0.25) is 0 Å². The molecule has 4 nitrogen and oxygen atoms in total. The fraction of sp³-hybridized carbons (Fsp3) is 0.348. The number of methoxy groups -OCH3 is 1. The number of rotatable bonds is 6. The summed E-state index contributed by atoms with van der Waals surface area (Å²) in [7, 11) is 1.36. The summed E-state index contributed by atoms with van der Waals surface area (Å²) in [4.78, 5) is 14.1. The monoisotopic (exact) mass is 383 g/mol. The highest BCUT2D eigenvalue weighted by molar-refractivity contribution is 6.16. The van der Waals surface area contributed by atoms with Gasteiger partial charge in [-0.05, 0) is 49.4 Å². The van der Waals surface area contributed by atoms with Crippen molar-refractivity contribution in [3.05, 3.63) is 65.5 Å². The maximum atomic E-state index is 14.6. The van der Waals surface area contributed by atoms with Crippen LogP contribution in [0.5, 0.6) is 5.75 Å². The van der Waals surface area contributed by atoms with Crippen LogP contribution < -0.4 is 9.64 Å². The van der Waals surface area contributed by atoms with Crippen molar-refractivity contribution >= 4 is 17.2 Å². The number of carbonyl (C=O) groups is 1. The maximum absolute atomic E-state index is 14.6. The molecule has 0 unspecified atom stereocenters. The van der Waals surface area contributed by atoms with E-state index in [-0.39, 0.29) is 12.4 Å². The fourth-order valence-electron chi connectivity index (χ4n) is 3.53. The van der Waals surface area contributed by atoms with Gasteiger partial charge in [0.1, 0.15) is 18.2 Å². The minimum absolute atomic E-state index is 0.229. The quantitative estimate of drug-likeness (QED) is 0.521. The van der Waals surface area contributed by atoms with Gasteiger partial charge in [-0.3, -0.25) is 0 Å². The van der Waals surface area contributed by atoms with Crippen LogP contribution in [0.15, 0.2) is 48.5 Å².